The van der Waals surface area contributed by atoms with Crippen molar-refractivity contribution in [2.75, 3.05) is 10.7 Å². The van der Waals surface area contributed by atoms with Gasteiger partial charge in [-0.25, -0.2) is 4.68 Å². The normalized spacial score (nSPS) is 18.4. The molecule has 0 unspecified atom stereocenters. The van der Waals surface area contributed by atoms with Crippen molar-refractivity contribution >= 4 is 35.0 Å². The molecule has 1 aromatic heterocycles. The summed E-state index contributed by atoms with van der Waals surface area (Å²) in [5.41, 5.74) is 2.73. The number of hydrogen-bond acceptors (Lipinski definition) is 5. The van der Waals surface area contributed by atoms with Crippen LogP contribution in [-0.2, 0) is 11.0 Å². The van der Waals surface area contributed by atoms with E-state index in [0.29, 0.717) is 16.0 Å². The number of alkyl halides is 3. The topological polar surface area (TPSA) is 71.8 Å². The molecule has 156 valence electrons. The number of benzene rings is 2. The van der Waals surface area contributed by atoms with Crippen LogP contribution in [0.15, 0.2) is 53.7 Å². The van der Waals surface area contributed by atoms with Crippen LogP contribution in [0.5, 0.6) is 0 Å². The SMILES string of the molecule is Cc1nnc2n1N[C@@H](c1ccc(Cl)cc1)[C@H](C(=O)Nc1ccccc1C(F)(F)F)S2. The minimum atomic E-state index is -4.59. The smallest absolute Gasteiger partial charge is 0.324 e. The Morgan fingerprint density at radius 1 is 1.17 bits per heavy atom. The molecule has 0 aliphatic carbocycles. The Kier molecular flexibility index (Phi) is 5.37. The van der Waals surface area contributed by atoms with Crippen LogP contribution in [0.2, 0.25) is 5.02 Å². The Balaban J connectivity index is 1.68. The van der Waals surface area contributed by atoms with Crippen LogP contribution >= 0.6 is 23.4 Å². The van der Waals surface area contributed by atoms with Gasteiger partial charge in [-0.1, -0.05) is 47.6 Å². The van der Waals surface area contributed by atoms with Crippen molar-refractivity contribution in [2.24, 2.45) is 0 Å². The third-order valence-corrected chi connectivity index (χ3v) is 6.04. The van der Waals surface area contributed by atoms with E-state index in [2.05, 4.69) is 20.9 Å². The van der Waals surface area contributed by atoms with Crippen molar-refractivity contribution in [3.05, 3.63) is 70.5 Å². The summed E-state index contributed by atoms with van der Waals surface area (Å²) in [6, 6.07) is 11.2. The van der Waals surface area contributed by atoms with Gasteiger partial charge >= 0.3 is 6.18 Å². The zero-order valence-electron chi connectivity index (χ0n) is 15.4. The molecule has 1 amide bonds. The average molecular weight is 454 g/mol. The second-order valence-corrected chi connectivity index (χ2v) is 8.14. The number of aromatic nitrogens is 3. The van der Waals surface area contributed by atoms with E-state index in [1.165, 1.54) is 18.2 Å². The fourth-order valence-corrected chi connectivity index (χ4v) is 4.38. The average Bonchev–Trinajstić information content (AvgIpc) is 3.07. The Bertz CT molecular complexity index is 1090. The zero-order valence-corrected chi connectivity index (χ0v) is 17.0. The third-order valence-electron chi connectivity index (χ3n) is 4.58. The van der Waals surface area contributed by atoms with E-state index in [1.807, 2.05) is 0 Å². The molecule has 0 radical (unpaired) electrons. The van der Waals surface area contributed by atoms with E-state index in [9.17, 15) is 18.0 Å². The monoisotopic (exact) mass is 453 g/mol. The molecule has 0 saturated heterocycles. The van der Waals surface area contributed by atoms with Crippen molar-refractivity contribution in [1.29, 1.82) is 0 Å². The number of carbonyl (C=O) groups excluding carboxylic acids is 1. The molecule has 4 rings (SSSR count). The van der Waals surface area contributed by atoms with Crippen LogP contribution in [0.25, 0.3) is 0 Å². The lowest BCUT2D eigenvalue weighted by atomic mass is 10.0. The van der Waals surface area contributed by atoms with Crippen LogP contribution in [-0.4, -0.2) is 26.0 Å². The summed E-state index contributed by atoms with van der Waals surface area (Å²) in [4.78, 5) is 13.1. The number of anilines is 1. The van der Waals surface area contributed by atoms with E-state index in [-0.39, 0.29) is 5.69 Å². The Morgan fingerprint density at radius 3 is 2.57 bits per heavy atom. The summed E-state index contributed by atoms with van der Waals surface area (Å²) in [6.07, 6.45) is -4.59. The summed E-state index contributed by atoms with van der Waals surface area (Å²) in [6.45, 7) is 1.75. The molecule has 30 heavy (non-hydrogen) atoms. The number of fused-ring (bicyclic) bond motifs is 1. The molecule has 2 N–H and O–H groups in total. The first-order valence-corrected chi connectivity index (χ1v) is 10.1. The lowest BCUT2D eigenvalue weighted by Gasteiger charge is -2.33. The maximum absolute atomic E-state index is 13.3. The van der Waals surface area contributed by atoms with Gasteiger partial charge in [0.25, 0.3) is 0 Å². The largest absolute Gasteiger partial charge is 0.418 e. The van der Waals surface area contributed by atoms with Crippen molar-refractivity contribution in [2.45, 2.75) is 29.5 Å². The van der Waals surface area contributed by atoms with Gasteiger partial charge in [0.05, 0.1) is 17.3 Å². The highest BCUT2D eigenvalue weighted by atomic mass is 35.5. The lowest BCUT2D eigenvalue weighted by Crippen LogP contribution is -2.41. The van der Waals surface area contributed by atoms with Crippen LogP contribution in [0.3, 0.4) is 0 Å². The number of thioether (sulfide) groups is 1. The molecular formula is C19H15ClF3N5OS. The first-order valence-electron chi connectivity index (χ1n) is 8.82. The molecule has 1 aliphatic rings. The molecule has 2 aromatic carbocycles. The highest BCUT2D eigenvalue weighted by Crippen LogP contribution is 2.39. The van der Waals surface area contributed by atoms with E-state index < -0.39 is 28.9 Å². The zero-order chi connectivity index (χ0) is 21.5. The highest BCUT2D eigenvalue weighted by Gasteiger charge is 2.39. The second kappa shape index (κ2) is 7.84. The van der Waals surface area contributed by atoms with Crippen LogP contribution in [0, 0.1) is 6.92 Å². The number of aryl methyl sites for hydroxylation is 1. The second-order valence-electron chi connectivity index (χ2n) is 6.59. The van der Waals surface area contributed by atoms with Crippen molar-refractivity contribution < 1.29 is 18.0 Å². The molecule has 11 heteroatoms. The Morgan fingerprint density at radius 2 is 1.87 bits per heavy atom. The molecule has 0 fully saturated rings. The van der Waals surface area contributed by atoms with Gasteiger partial charge in [0.15, 0.2) is 0 Å². The van der Waals surface area contributed by atoms with Crippen molar-refractivity contribution in [3.63, 3.8) is 0 Å². The quantitative estimate of drug-likeness (QED) is 0.603. The molecule has 0 spiro atoms. The molecule has 6 nitrogen and oxygen atoms in total. The Labute approximate surface area is 178 Å². The van der Waals surface area contributed by atoms with Crippen LogP contribution in [0.4, 0.5) is 18.9 Å². The first-order chi connectivity index (χ1) is 14.2. The van der Waals surface area contributed by atoms with Gasteiger partial charge in [-0.05, 0) is 36.8 Å². The summed E-state index contributed by atoms with van der Waals surface area (Å²) in [7, 11) is 0. The first kappa shape index (κ1) is 20.5. The predicted molar refractivity (Wildman–Crippen MR) is 108 cm³/mol. The van der Waals surface area contributed by atoms with E-state index in [0.717, 1.165) is 23.4 Å². The van der Waals surface area contributed by atoms with Crippen molar-refractivity contribution in [3.8, 4) is 0 Å². The van der Waals surface area contributed by atoms with E-state index >= 15 is 0 Å². The minimum Gasteiger partial charge on any atom is -0.324 e. The van der Waals surface area contributed by atoms with Gasteiger partial charge < -0.3 is 10.7 Å². The van der Waals surface area contributed by atoms with Gasteiger partial charge in [0.1, 0.15) is 11.1 Å². The van der Waals surface area contributed by atoms with E-state index in [1.54, 1.807) is 35.9 Å². The molecule has 3 aromatic rings. The molecule has 2 heterocycles. The van der Waals surface area contributed by atoms with Gasteiger partial charge in [-0.15, -0.1) is 10.2 Å². The number of hydrogen-bond donors (Lipinski definition) is 2. The summed E-state index contributed by atoms with van der Waals surface area (Å²) < 4.78 is 41.6. The standard InChI is InChI=1S/C19H15ClF3N5OS/c1-10-25-26-18-28(10)27-15(11-6-8-12(20)9-7-11)16(30-18)17(29)24-14-5-3-2-4-13(14)19(21,22)23/h2-9,15-16,27H,1H3,(H,24,29)/t15-,16+/m0/s1. The number of amides is 1. The van der Waals surface area contributed by atoms with Gasteiger partial charge in [-0.2, -0.15) is 13.2 Å². The maximum atomic E-state index is 13.3. The number of carbonyl (C=O) groups is 1. The van der Waals surface area contributed by atoms with Crippen molar-refractivity contribution in [1.82, 2.24) is 14.9 Å². The number of halogens is 4. The van der Waals surface area contributed by atoms with Crippen LogP contribution in [0.1, 0.15) is 23.0 Å². The lowest BCUT2D eigenvalue weighted by molar-refractivity contribution is -0.137. The molecular weight excluding hydrogens is 439 g/mol. The summed E-state index contributed by atoms with van der Waals surface area (Å²) in [5.74, 6) is 0.00814. The molecule has 0 saturated carbocycles. The predicted octanol–water partition coefficient (Wildman–Crippen LogP) is 4.66. The molecule has 0 bridgehead atoms. The summed E-state index contributed by atoms with van der Waals surface area (Å²) in [5, 5.41) is 10.6. The van der Waals surface area contributed by atoms with E-state index in [4.69, 9.17) is 11.6 Å². The third kappa shape index (κ3) is 3.97. The van der Waals surface area contributed by atoms with Gasteiger partial charge in [-0.3, -0.25) is 4.79 Å². The number of nitrogens with zero attached hydrogens (tertiary/aromatic N) is 3. The number of nitrogens with one attached hydrogen (secondary N) is 2. The Hall–Kier alpha value is -2.72. The van der Waals surface area contributed by atoms with Gasteiger partial charge in [0, 0.05) is 5.02 Å². The van der Waals surface area contributed by atoms with Crippen LogP contribution < -0.4 is 10.7 Å². The minimum absolute atomic E-state index is 0.298. The fraction of sp³-hybridized carbons (Fsp3) is 0.211. The fourth-order valence-electron chi connectivity index (χ4n) is 3.12. The number of rotatable bonds is 3. The number of para-hydroxylation sites is 1. The van der Waals surface area contributed by atoms with Gasteiger partial charge in [0.2, 0.25) is 11.1 Å². The molecule has 1 aliphatic heterocycles. The molecule has 2 atom stereocenters. The maximum Gasteiger partial charge on any atom is 0.418 e. The summed E-state index contributed by atoms with van der Waals surface area (Å²) >= 11 is 7.10. The highest BCUT2D eigenvalue weighted by molar-refractivity contribution is 8.00.